The maximum atomic E-state index is 13.3. The first-order valence-electron chi connectivity index (χ1n) is 8.28. The molecule has 0 atom stereocenters. The Labute approximate surface area is 155 Å². The van der Waals surface area contributed by atoms with Gasteiger partial charge < -0.3 is 9.64 Å². The van der Waals surface area contributed by atoms with Gasteiger partial charge in [-0.2, -0.15) is 0 Å². The van der Waals surface area contributed by atoms with Gasteiger partial charge in [-0.1, -0.05) is 29.8 Å². The summed E-state index contributed by atoms with van der Waals surface area (Å²) in [6.45, 7) is 3.78. The van der Waals surface area contributed by atoms with Crippen molar-refractivity contribution in [3.63, 3.8) is 0 Å². The fourth-order valence-corrected chi connectivity index (χ4v) is 3.77. The van der Waals surface area contributed by atoms with Gasteiger partial charge in [0.2, 0.25) is 5.91 Å². The lowest BCUT2D eigenvalue weighted by Crippen LogP contribution is -2.40. The molecule has 0 unspecified atom stereocenters. The van der Waals surface area contributed by atoms with E-state index in [1.54, 1.807) is 62.6 Å². The molecular formula is C19H24N2O4S. The van der Waals surface area contributed by atoms with E-state index in [1.165, 1.54) is 4.90 Å². The van der Waals surface area contributed by atoms with Gasteiger partial charge in [-0.3, -0.25) is 9.10 Å². The number of anilines is 1. The second-order valence-electron chi connectivity index (χ2n) is 6.01. The molecule has 0 saturated carbocycles. The smallest absolute Gasteiger partial charge is 0.264 e. The number of carbonyl (C=O) groups excluding carboxylic acids is 1. The lowest BCUT2D eigenvalue weighted by molar-refractivity contribution is -0.127. The van der Waals surface area contributed by atoms with E-state index in [-0.39, 0.29) is 17.3 Å². The van der Waals surface area contributed by atoms with Crippen LogP contribution in [0.2, 0.25) is 0 Å². The van der Waals surface area contributed by atoms with Gasteiger partial charge in [-0.25, -0.2) is 8.42 Å². The first kappa shape index (κ1) is 19.8. The Morgan fingerprint density at radius 3 is 2.23 bits per heavy atom. The number of likely N-dealkylation sites (N-methyl/N-ethyl adjacent to an activating group) is 1. The molecule has 2 aromatic carbocycles. The third kappa shape index (κ3) is 4.35. The van der Waals surface area contributed by atoms with E-state index in [0.717, 1.165) is 9.87 Å². The van der Waals surface area contributed by atoms with E-state index in [4.69, 9.17) is 4.74 Å². The number of nitrogens with zero attached hydrogens (tertiary/aromatic N) is 2. The molecule has 0 aliphatic carbocycles. The Balaban J connectivity index is 2.58. The van der Waals surface area contributed by atoms with E-state index in [9.17, 15) is 13.2 Å². The molecule has 0 aliphatic rings. The monoisotopic (exact) mass is 376 g/mol. The van der Waals surface area contributed by atoms with Gasteiger partial charge in [0, 0.05) is 14.1 Å². The molecule has 0 fully saturated rings. The number of amides is 1. The summed E-state index contributed by atoms with van der Waals surface area (Å²) in [7, 11) is -0.753. The van der Waals surface area contributed by atoms with Crippen molar-refractivity contribution >= 4 is 21.6 Å². The summed E-state index contributed by atoms with van der Waals surface area (Å²) in [4.78, 5) is 13.8. The van der Waals surface area contributed by atoms with Crippen LogP contribution >= 0.6 is 0 Å². The number of para-hydroxylation sites is 2. The number of carbonyl (C=O) groups is 1. The van der Waals surface area contributed by atoms with Crippen molar-refractivity contribution in [2.24, 2.45) is 0 Å². The van der Waals surface area contributed by atoms with E-state index in [1.807, 2.05) is 13.8 Å². The maximum absolute atomic E-state index is 13.3. The number of hydrogen-bond acceptors (Lipinski definition) is 4. The van der Waals surface area contributed by atoms with Gasteiger partial charge in [-0.05, 0) is 38.1 Å². The molecule has 0 radical (unpaired) electrons. The summed E-state index contributed by atoms with van der Waals surface area (Å²) in [5, 5.41) is 0. The van der Waals surface area contributed by atoms with Crippen LogP contribution in [0.3, 0.4) is 0 Å². The van der Waals surface area contributed by atoms with Gasteiger partial charge in [0.25, 0.3) is 10.0 Å². The van der Waals surface area contributed by atoms with Crippen LogP contribution in [-0.4, -0.2) is 46.5 Å². The maximum Gasteiger partial charge on any atom is 0.264 e. The fraction of sp³-hybridized carbons (Fsp3) is 0.316. The van der Waals surface area contributed by atoms with Crippen LogP contribution in [0.4, 0.5) is 5.69 Å². The minimum Gasteiger partial charge on any atom is -0.492 e. The van der Waals surface area contributed by atoms with Crippen LogP contribution in [0.1, 0.15) is 12.5 Å². The Bertz CT molecular complexity index is 861. The number of hydrogen-bond donors (Lipinski definition) is 0. The van der Waals surface area contributed by atoms with E-state index in [0.29, 0.717) is 18.0 Å². The van der Waals surface area contributed by atoms with Crippen LogP contribution in [-0.2, 0) is 14.8 Å². The highest BCUT2D eigenvalue weighted by molar-refractivity contribution is 7.92. The predicted molar refractivity (Wildman–Crippen MR) is 102 cm³/mol. The zero-order valence-electron chi connectivity index (χ0n) is 15.5. The molecule has 0 bridgehead atoms. The van der Waals surface area contributed by atoms with Crippen molar-refractivity contribution < 1.29 is 17.9 Å². The fourth-order valence-electron chi connectivity index (χ4n) is 2.34. The SMILES string of the molecule is CCOc1ccccc1N(CC(=O)N(C)C)S(=O)(=O)c1ccc(C)cc1. The molecule has 2 rings (SSSR count). The molecule has 1 amide bonds. The summed E-state index contributed by atoms with van der Waals surface area (Å²) in [5.74, 6) is 0.0873. The Morgan fingerprint density at radius 1 is 1.04 bits per heavy atom. The van der Waals surface area contributed by atoms with E-state index in [2.05, 4.69) is 0 Å². The summed E-state index contributed by atoms with van der Waals surface area (Å²) < 4.78 is 33.2. The van der Waals surface area contributed by atoms with Gasteiger partial charge in [0.1, 0.15) is 12.3 Å². The van der Waals surface area contributed by atoms with Crippen molar-refractivity contribution in [2.45, 2.75) is 18.7 Å². The Kier molecular flexibility index (Phi) is 6.26. The second kappa shape index (κ2) is 8.23. The molecule has 0 heterocycles. The average Bonchev–Trinajstić information content (AvgIpc) is 2.60. The lowest BCUT2D eigenvalue weighted by Gasteiger charge is -2.27. The third-order valence-electron chi connectivity index (χ3n) is 3.82. The lowest BCUT2D eigenvalue weighted by atomic mass is 10.2. The highest BCUT2D eigenvalue weighted by Crippen LogP contribution is 2.32. The third-order valence-corrected chi connectivity index (χ3v) is 5.59. The van der Waals surface area contributed by atoms with Crippen molar-refractivity contribution in [2.75, 3.05) is 31.6 Å². The normalized spacial score (nSPS) is 11.1. The average molecular weight is 376 g/mol. The second-order valence-corrected chi connectivity index (χ2v) is 7.88. The number of aryl methyl sites for hydroxylation is 1. The molecule has 6 nitrogen and oxygen atoms in total. The van der Waals surface area contributed by atoms with Crippen molar-refractivity contribution in [1.29, 1.82) is 0 Å². The topological polar surface area (TPSA) is 66.9 Å². The zero-order chi connectivity index (χ0) is 19.3. The summed E-state index contributed by atoms with van der Waals surface area (Å²) in [6.07, 6.45) is 0. The van der Waals surface area contributed by atoms with Gasteiger partial charge in [-0.15, -0.1) is 0 Å². The summed E-state index contributed by atoms with van der Waals surface area (Å²) >= 11 is 0. The minimum atomic E-state index is -3.93. The highest BCUT2D eigenvalue weighted by Gasteiger charge is 2.29. The van der Waals surface area contributed by atoms with Crippen LogP contribution < -0.4 is 9.04 Å². The molecule has 0 spiro atoms. The number of ether oxygens (including phenoxy) is 1. The highest BCUT2D eigenvalue weighted by atomic mass is 32.2. The van der Waals surface area contributed by atoms with Crippen LogP contribution in [0.15, 0.2) is 53.4 Å². The number of benzene rings is 2. The quantitative estimate of drug-likeness (QED) is 0.745. The largest absolute Gasteiger partial charge is 0.492 e. The molecule has 26 heavy (non-hydrogen) atoms. The molecule has 140 valence electrons. The zero-order valence-corrected chi connectivity index (χ0v) is 16.3. The van der Waals surface area contributed by atoms with Gasteiger partial charge >= 0.3 is 0 Å². The molecule has 7 heteroatoms. The van der Waals surface area contributed by atoms with Crippen LogP contribution in [0, 0.1) is 6.92 Å². The first-order chi connectivity index (χ1) is 12.3. The standard InChI is InChI=1S/C19H24N2O4S/c1-5-25-18-9-7-6-8-17(18)21(14-19(22)20(3)4)26(23,24)16-12-10-15(2)11-13-16/h6-13H,5,14H2,1-4H3. The number of sulfonamides is 1. The summed E-state index contributed by atoms with van der Waals surface area (Å²) in [6, 6.07) is 13.4. The Hall–Kier alpha value is -2.54. The minimum absolute atomic E-state index is 0.126. The van der Waals surface area contributed by atoms with E-state index >= 15 is 0 Å². The van der Waals surface area contributed by atoms with Crippen molar-refractivity contribution in [3.8, 4) is 5.75 Å². The molecule has 0 aliphatic heterocycles. The van der Waals surface area contributed by atoms with Crippen molar-refractivity contribution in [3.05, 3.63) is 54.1 Å². The summed E-state index contributed by atoms with van der Waals surface area (Å²) in [5.41, 5.74) is 1.29. The molecule has 2 aromatic rings. The molecule has 0 N–H and O–H groups in total. The number of rotatable bonds is 7. The van der Waals surface area contributed by atoms with Gasteiger partial charge in [0.05, 0.1) is 17.2 Å². The van der Waals surface area contributed by atoms with E-state index < -0.39 is 10.0 Å². The van der Waals surface area contributed by atoms with Crippen LogP contribution in [0.25, 0.3) is 0 Å². The predicted octanol–water partition coefficient (Wildman–Crippen LogP) is 2.68. The molecule has 0 saturated heterocycles. The van der Waals surface area contributed by atoms with Crippen LogP contribution in [0.5, 0.6) is 5.75 Å². The van der Waals surface area contributed by atoms with Gasteiger partial charge in [0.15, 0.2) is 0 Å². The molecular weight excluding hydrogens is 352 g/mol. The first-order valence-corrected chi connectivity index (χ1v) is 9.72. The Morgan fingerprint density at radius 2 is 1.65 bits per heavy atom. The van der Waals surface area contributed by atoms with Crippen molar-refractivity contribution in [1.82, 2.24) is 4.90 Å². The molecule has 0 aromatic heterocycles.